The normalized spacial score (nSPS) is 24.3. The molecule has 3 rings (SSSR count). The van der Waals surface area contributed by atoms with Gasteiger partial charge in [0.05, 0.1) is 7.11 Å². The first-order valence-corrected chi connectivity index (χ1v) is 9.37. The molecule has 2 atom stereocenters. The van der Waals surface area contributed by atoms with Crippen molar-refractivity contribution in [1.82, 2.24) is 4.90 Å². The molecular weight excluding hydrogens is 344 g/mol. The number of benzene rings is 1. The van der Waals surface area contributed by atoms with Crippen molar-refractivity contribution < 1.29 is 19.1 Å². The highest BCUT2D eigenvalue weighted by Crippen LogP contribution is 2.41. The summed E-state index contributed by atoms with van der Waals surface area (Å²) in [6.45, 7) is 5.57. The number of nitriles is 1. The highest BCUT2D eigenvalue weighted by Gasteiger charge is 2.46. The average Bonchev–Trinajstić information content (AvgIpc) is 2.89. The number of piperidine rings is 1. The standard InChI is InChI=1S/C21H26N2O4/c1-21(2,3)27-20(25)23-14-8-9-15(23)11-13(10-14)19(24)16-6-5-7-18(26-4)17(16)12-22/h5-7,13-15H,8-11H2,1-4H3. The van der Waals surface area contributed by atoms with Gasteiger partial charge in [-0.25, -0.2) is 4.79 Å². The topological polar surface area (TPSA) is 79.6 Å². The van der Waals surface area contributed by atoms with Gasteiger partial charge in [-0.15, -0.1) is 0 Å². The maximum atomic E-state index is 13.1. The average molecular weight is 370 g/mol. The van der Waals surface area contributed by atoms with Crippen molar-refractivity contribution >= 4 is 11.9 Å². The number of hydrogen-bond acceptors (Lipinski definition) is 5. The van der Waals surface area contributed by atoms with Crippen molar-refractivity contribution in [2.45, 2.75) is 64.1 Å². The number of Topliss-reactive ketones (excluding diaryl/α,β-unsaturated/α-hetero) is 1. The maximum absolute atomic E-state index is 13.1. The highest BCUT2D eigenvalue weighted by atomic mass is 16.6. The van der Waals surface area contributed by atoms with Crippen LogP contribution in [-0.4, -0.2) is 41.6 Å². The van der Waals surface area contributed by atoms with Gasteiger partial charge in [-0.3, -0.25) is 4.79 Å². The van der Waals surface area contributed by atoms with Crippen LogP contribution < -0.4 is 4.74 Å². The molecule has 2 aliphatic heterocycles. The predicted molar refractivity (Wildman–Crippen MR) is 99.6 cm³/mol. The fourth-order valence-corrected chi connectivity index (χ4v) is 4.25. The summed E-state index contributed by atoms with van der Waals surface area (Å²) in [7, 11) is 1.49. The summed E-state index contributed by atoms with van der Waals surface area (Å²) in [5.74, 6) is 0.184. The summed E-state index contributed by atoms with van der Waals surface area (Å²) in [4.78, 5) is 27.5. The van der Waals surface area contributed by atoms with E-state index in [0.717, 1.165) is 12.8 Å². The predicted octanol–water partition coefficient (Wildman–Crippen LogP) is 3.93. The second-order valence-corrected chi connectivity index (χ2v) is 8.30. The van der Waals surface area contributed by atoms with Gasteiger partial charge in [-0.2, -0.15) is 5.26 Å². The Bertz CT molecular complexity index is 776. The van der Waals surface area contributed by atoms with E-state index >= 15 is 0 Å². The van der Waals surface area contributed by atoms with Crippen molar-refractivity contribution in [3.63, 3.8) is 0 Å². The van der Waals surface area contributed by atoms with Crippen LogP contribution in [0.3, 0.4) is 0 Å². The first kappa shape index (κ1) is 19.2. The van der Waals surface area contributed by atoms with Crippen LogP contribution in [0.4, 0.5) is 4.79 Å². The van der Waals surface area contributed by atoms with Gasteiger partial charge in [0.1, 0.15) is 23.0 Å². The third-order valence-corrected chi connectivity index (χ3v) is 5.33. The molecule has 2 fully saturated rings. The number of hydrogen-bond donors (Lipinski definition) is 0. The molecule has 6 heteroatoms. The molecule has 0 aliphatic carbocycles. The number of nitrogens with zero attached hydrogens (tertiary/aromatic N) is 2. The Morgan fingerprint density at radius 3 is 2.33 bits per heavy atom. The van der Waals surface area contributed by atoms with Crippen molar-refractivity contribution in [1.29, 1.82) is 5.26 Å². The lowest BCUT2D eigenvalue weighted by Crippen LogP contribution is -2.49. The Labute approximate surface area is 160 Å². The van der Waals surface area contributed by atoms with Crippen molar-refractivity contribution in [3.05, 3.63) is 29.3 Å². The van der Waals surface area contributed by atoms with Crippen molar-refractivity contribution in [3.8, 4) is 11.8 Å². The van der Waals surface area contributed by atoms with Crippen LogP contribution in [0, 0.1) is 17.2 Å². The first-order valence-electron chi connectivity index (χ1n) is 9.37. The van der Waals surface area contributed by atoms with E-state index in [9.17, 15) is 14.9 Å². The molecule has 1 amide bonds. The van der Waals surface area contributed by atoms with Crippen LogP contribution >= 0.6 is 0 Å². The molecular formula is C21H26N2O4. The molecule has 2 heterocycles. The van der Waals surface area contributed by atoms with Gasteiger partial charge < -0.3 is 14.4 Å². The SMILES string of the molecule is COc1cccc(C(=O)C2CC3CCC(C2)N3C(=O)OC(C)(C)C)c1C#N. The van der Waals surface area contributed by atoms with E-state index in [-0.39, 0.29) is 35.4 Å². The monoisotopic (exact) mass is 370 g/mol. The van der Waals surface area contributed by atoms with E-state index in [1.807, 2.05) is 25.7 Å². The Morgan fingerprint density at radius 1 is 1.19 bits per heavy atom. The summed E-state index contributed by atoms with van der Waals surface area (Å²) in [5.41, 5.74) is 0.157. The molecule has 0 spiro atoms. The Kier molecular flexibility index (Phi) is 5.14. The zero-order chi connectivity index (χ0) is 19.8. The lowest BCUT2D eigenvalue weighted by Gasteiger charge is -2.39. The van der Waals surface area contributed by atoms with E-state index < -0.39 is 5.60 Å². The molecule has 2 aliphatic rings. The van der Waals surface area contributed by atoms with Gasteiger partial charge in [-0.1, -0.05) is 6.07 Å². The molecule has 0 aromatic heterocycles. The summed E-state index contributed by atoms with van der Waals surface area (Å²) < 4.78 is 10.8. The van der Waals surface area contributed by atoms with Crippen LogP contribution in [0.25, 0.3) is 0 Å². The van der Waals surface area contributed by atoms with Gasteiger partial charge in [0.25, 0.3) is 0 Å². The second-order valence-electron chi connectivity index (χ2n) is 8.30. The number of carbonyl (C=O) groups is 2. The van der Waals surface area contributed by atoms with Crippen LogP contribution in [0.5, 0.6) is 5.75 Å². The lowest BCUT2D eigenvalue weighted by molar-refractivity contribution is 0.00254. The molecule has 1 aromatic rings. The van der Waals surface area contributed by atoms with Crippen LogP contribution in [-0.2, 0) is 4.74 Å². The lowest BCUT2D eigenvalue weighted by atomic mass is 9.83. The van der Waals surface area contributed by atoms with Gasteiger partial charge >= 0.3 is 6.09 Å². The number of ketones is 1. The van der Waals surface area contributed by atoms with Gasteiger partial charge in [0, 0.05) is 23.6 Å². The third kappa shape index (κ3) is 3.78. The maximum Gasteiger partial charge on any atom is 0.410 e. The highest BCUT2D eigenvalue weighted by molar-refractivity contribution is 6.01. The molecule has 0 N–H and O–H groups in total. The van der Waals surface area contributed by atoms with E-state index in [1.165, 1.54) is 7.11 Å². The Balaban J connectivity index is 1.78. The minimum atomic E-state index is -0.536. The largest absolute Gasteiger partial charge is 0.495 e. The number of ether oxygens (including phenoxy) is 2. The van der Waals surface area contributed by atoms with Gasteiger partial charge in [0.15, 0.2) is 5.78 Å². The van der Waals surface area contributed by atoms with Crippen LogP contribution in [0.15, 0.2) is 18.2 Å². The molecule has 0 saturated carbocycles. The molecule has 2 unspecified atom stereocenters. The number of amides is 1. The van der Waals surface area contributed by atoms with E-state index in [1.54, 1.807) is 18.2 Å². The Hall–Kier alpha value is -2.55. The van der Waals surface area contributed by atoms with E-state index in [4.69, 9.17) is 9.47 Å². The zero-order valence-electron chi connectivity index (χ0n) is 16.3. The Morgan fingerprint density at radius 2 is 1.81 bits per heavy atom. The first-order chi connectivity index (χ1) is 12.7. The second kappa shape index (κ2) is 7.22. The summed E-state index contributed by atoms with van der Waals surface area (Å²) in [6.07, 6.45) is 2.70. The quantitative estimate of drug-likeness (QED) is 0.753. The minimum Gasteiger partial charge on any atom is -0.495 e. The summed E-state index contributed by atoms with van der Waals surface area (Å²) in [5, 5.41) is 9.47. The van der Waals surface area contributed by atoms with Crippen molar-refractivity contribution in [2.24, 2.45) is 5.92 Å². The minimum absolute atomic E-state index is 0.0173. The summed E-state index contributed by atoms with van der Waals surface area (Å²) >= 11 is 0. The van der Waals surface area contributed by atoms with Gasteiger partial charge in [0.2, 0.25) is 0 Å². The molecule has 27 heavy (non-hydrogen) atoms. The van der Waals surface area contributed by atoms with E-state index in [0.29, 0.717) is 24.2 Å². The molecule has 0 radical (unpaired) electrons. The molecule has 6 nitrogen and oxygen atoms in total. The fraction of sp³-hybridized carbons (Fsp3) is 0.571. The smallest absolute Gasteiger partial charge is 0.410 e. The van der Waals surface area contributed by atoms with E-state index in [2.05, 4.69) is 6.07 Å². The van der Waals surface area contributed by atoms with Crippen LogP contribution in [0.2, 0.25) is 0 Å². The number of carbonyl (C=O) groups excluding carboxylic acids is 2. The number of methoxy groups -OCH3 is 1. The van der Waals surface area contributed by atoms with Crippen molar-refractivity contribution in [2.75, 3.05) is 7.11 Å². The molecule has 144 valence electrons. The number of fused-ring (bicyclic) bond motifs is 2. The van der Waals surface area contributed by atoms with Gasteiger partial charge in [-0.05, 0) is 58.6 Å². The molecule has 2 saturated heterocycles. The zero-order valence-corrected chi connectivity index (χ0v) is 16.3. The molecule has 1 aromatic carbocycles. The molecule has 2 bridgehead atoms. The third-order valence-electron chi connectivity index (χ3n) is 5.33. The van der Waals surface area contributed by atoms with Crippen LogP contribution in [0.1, 0.15) is 62.4 Å². The fourth-order valence-electron chi connectivity index (χ4n) is 4.25. The number of rotatable bonds is 3. The summed E-state index contributed by atoms with van der Waals surface area (Å²) in [6, 6.07) is 7.23.